The lowest BCUT2D eigenvalue weighted by molar-refractivity contribution is -0.141. The molecule has 1 fully saturated rings. The smallest absolute Gasteiger partial charge is 0.325 e. The topological polar surface area (TPSA) is 95.3 Å². The van der Waals surface area contributed by atoms with Gasteiger partial charge in [0.15, 0.2) is 0 Å². The third-order valence-corrected chi connectivity index (χ3v) is 4.35. The maximum Gasteiger partial charge on any atom is 0.325 e. The van der Waals surface area contributed by atoms with Crippen molar-refractivity contribution in [2.45, 2.75) is 38.9 Å². The van der Waals surface area contributed by atoms with E-state index in [4.69, 9.17) is 4.74 Å². The molecule has 3 heterocycles. The Kier molecular flexibility index (Phi) is 3.24. The van der Waals surface area contributed by atoms with E-state index in [0.29, 0.717) is 37.2 Å². The number of rotatable bonds is 1. The molecule has 1 saturated heterocycles. The van der Waals surface area contributed by atoms with Crippen molar-refractivity contribution in [1.29, 1.82) is 0 Å². The lowest BCUT2D eigenvalue weighted by Crippen LogP contribution is -2.48. The van der Waals surface area contributed by atoms with Gasteiger partial charge in [0.25, 0.3) is 5.56 Å². The van der Waals surface area contributed by atoms with Gasteiger partial charge in [0.2, 0.25) is 5.91 Å². The fraction of sp³-hybridized carbons (Fsp3) is 0.643. The van der Waals surface area contributed by atoms with Crippen LogP contribution in [0.4, 0.5) is 0 Å². The molecule has 0 aliphatic carbocycles. The molecular weight excluding hydrogens is 274 g/mol. The molecule has 114 valence electrons. The van der Waals surface area contributed by atoms with Gasteiger partial charge in [-0.2, -0.15) is 0 Å². The van der Waals surface area contributed by atoms with Crippen molar-refractivity contribution in [3.8, 4) is 0 Å². The van der Waals surface area contributed by atoms with Crippen LogP contribution in [0.25, 0.3) is 0 Å². The molecule has 7 nitrogen and oxygen atoms in total. The number of hydrogen-bond donors (Lipinski definition) is 2. The third kappa shape index (κ3) is 2.21. The van der Waals surface area contributed by atoms with Gasteiger partial charge in [0, 0.05) is 19.0 Å². The van der Waals surface area contributed by atoms with Gasteiger partial charge in [-0.3, -0.25) is 14.6 Å². The molecule has 0 aromatic carbocycles. The minimum atomic E-state index is -0.666. The van der Waals surface area contributed by atoms with Crippen molar-refractivity contribution in [1.82, 2.24) is 14.9 Å². The minimum absolute atomic E-state index is 0.0319. The molecule has 0 saturated carbocycles. The summed E-state index contributed by atoms with van der Waals surface area (Å²) in [6, 6.07) is 0. The summed E-state index contributed by atoms with van der Waals surface area (Å²) in [4.78, 5) is 42.2. The first kappa shape index (κ1) is 14.1. The maximum atomic E-state index is 12.1. The molecule has 3 rings (SSSR count). The molecule has 0 radical (unpaired) electrons. The molecule has 1 aromatic rings. The van der Waals surface area contributed by atoms with Gasteiger partial charge in [-0.15, -0.1) is 0 Å². The van der Waals surface area contributed by atoms with Crippen molar-refractivity contribution < 1.29 is 9.53 Å². The van der Waals surface area contributed by atoms with E-state index >= 15 is 0 Å². The summed E-state index contributed by atoms with van der Waals surface area (Å²) in [6.45, 7) is 5.13. The number of nitrogens with zero attached hydrogens (tertiary/aromatic N) is 1. The standard InChI is InChI=1S/C14H19N3O4/c1-8(2)12(19)17-5-3-14(4-6-17)10-9(7-21-14)15-13(20)16-11(10)18/h8H,3-7H2,1-2H3,(H2,15,16,18,20). The van der Waals surface area contributed by atoms with Crippen LogP contribution in [0.2, 0.25) is 0 Å². The summed E-state index contributed by atoms with van der Waals surface area (Å²) in [6.07, 6.45) is 1.15. The van der Waals surface area contributed by atoms with Gasteiger partial charge >= 0.3 is 5.69 Å². The van der Waals surface area contributed by atoms with Gasteiger partial charge < -0.3 is 14.6 Å². The largest absolute Gasteiger partial charge is 0.364 e. The molecule has 2 aliphatic rings. The summed E-state index contributed by atoms with van der Waals surface area (Å²) in [5.74, 6) is 0.0917. The van der Waals surface area contributed by atoms with E-state index in [-0.39, 0.29) is 24.0 Å². The van der Waals surface area contributed by atoms with Crippen LogP contribution in [-0.4, -0.2) is 33.9 Å². The summed E-state index contributed by atoms with van der Waals surface area (Å²) in [5, 5.41) is 0. The highest BCUT2D eigenvalue weighted by Crippen LogP contribution is 2.41. The Labute approximate surface area is 121 Å². The number of likely N-dealkylation sites (tertiary alicyclic amines) is 1. The van der Waals surface area contributed by atoms with Crippen molar-refractivity contribution in [3.63, 3.8) is 0 Å². The number of piperidine rings is 1. The van der Waals surface area contributed by atoms with E-state index in [1.807, 2.05) is 18.7 Å². The van der Waals surface area contributed by atoms with Crippen LogP contribution in [0.3, 0.4) is 0 Å². The molecular formula is C14H19N3O4. The van der Waals surface area contributed by atoms with Gasteiger partial charge in [-0.05, 0) is 12.8 Å². The molecule has 2 N–H and O–H groups in total. The van der Waals surface area contributed by atoms with E-state index in [1.54, 1.807) is 0 Å². The highest BCUT2D eigenvalue weighted by atomic mass is 16.5. The first-order chi connectivity index (χ1) is 9.93. The molecule has 0 bridgehead atoms. The zero-order chi connectivity index (χ0) is 15.2. The number of carbonyl (C=O) groups is 1. The predicted octanol–water partition coefficient (Wildman–Crippen LogP) is 0.0671. The number of fused-ring (bicyclic) bond motifs is 2. The zero-order valence-corrected chi connectivity index (χ0v) is 12.2. The van der Waals surface area contributed by atoms with Gasteiger partial charge in [0.05, 0.1) is 17.9 Å². The van der Waals surface area contributed by atoms with Crippen LogP contribution >= 0.6 is 0 Å². The van der Waals surface area contributed by atoms with E-state index in [2.05, 4.69) is 9.97 Å². The monoisotopic (exact) mass is 293 g/mol. The second kappa shape index (κ2) is 4.84. The number of nitrogens with one attached hydrogen (secondary N) is 2. The first-order valence-corrected chi connectivity index (χ1v) is 7.22. The van der Waals surface area contributed by atoms with Gasteiger partial charge in [0.1, 0.15) is 5.60 Å². The lowest BCUT2D eigenvalue weighted by atomic mass is 9.85. The van der Waals surface area contributed by atoms with E-state index in [9.17, 15) is 14.4 Å². The van der Waals surface area contributed by atoms with E-state index in [1.165, 1.54) is 0 Å². The molecule has 1 spiro atoms. The Morgan fingerprint density at radius 2 is 1.90 bits per heavy atom. The Hall–Kier alpha value is -1.89. The van der Waals surface area contributed by atoms with E-state index < -0.39 is 11.3 Å². The average Bonchev–Trinajstić information content (AvgIpc) is 2.77. The van der Waals surface area contributed by atoms with Crippen LogP contribution in [0, 0.1) is 5.92 Å². The Morgan fingerprint density at radius 1 is 1.24 bits per heavy atom. The molecule has 0 unspecified atom stereocenters. The van der Waals surface area contributed by atoms with Gasteiger partial charge in [-0.25, -0.2) is 4.79 Å². The van der Waals surface area contributed by atoms with Crippen LogP contribution < -0.4 is 11.2 Å². The highest BCUT2D eigenvalue weighted by molar-refractivity contribution is 5.78. The summed E-state index contributed by atoms with van der Waals surface area (Å²) in [5.41, 5.74) is -0.464. The first-order valence-electron chi connectivity index (χ1n) is 7.22. The van der Waals surface area contributed by atoms with E-state index in [0.717, 1.165) is 0 Å². The fourth-order valence-corrected chi connectivity index (χ4v) is 3.25. The number of H-pyrrole nitrogens is 2. The van der Waals surface area contributed by atoms with Crippen molar-refractivity contribution in [3.05, 3.63) is 32.1 Å². The summed E-state index contributed by atoms with van der Waals surface area (Å²) < 4.78 is 5.85. The molecule has 2 aliphatic heterocycles. The summed E-state index contributed by atoms with van der Waals surface area (Å²) >= 11 is 0. The SMILES string of the molecule is CC(C)C(=O)N1CCC2(CC1)OCc1[nH]c(=O)[nH]c(=O)c12. The Balaban J connectivity index is 1.87. The number of amides is 1. The van der Waals surface area contributed by atoms with Crippen LogP contribution in [0.5, 0.6) is 0 Å². The molecule has 0 atom stereocenters. The molecule has 1 aromatic heterocycles. The highest BCUT2D eigenvalue weighted by Gasteiger charge is 2.46. The van der Waals surface area contributed by atoms with Gasteiger partial charge in [-0.1, -0.05) is 13.8 Å². The van der Waals surface area contributed by atoms with Crippen LogP contribution in [0.15, 0.2) is 9.59 Å². The molecule has 1 amide bonds. The minimum Gasteiger partial charge on any atom is -0.364 e. The Morgan fingerprint density at radius 3 is 2.52 bits per heavy atom. The Bertz CT molecular complexity index is 680. The number of ether oxygens (including phenoxy) is 1. The molecule has 7 heteroatoms. The van der Waals surface area contributed by atoms with Crippen molar-refractivity contribution in [2.75, 3.05) is 13.1 Å². The number of carbonyl (C=O) groups excluding carboxylic acids is 1. The fourth-order valence-electron chi connectivity index (χ4n) is 3.25. The number of aromatic nitrogens is 2. The van der Waals surface area contributed by atoms with Crippen LogP contribution in [0.1, 0.15) is 37.9 Å². The second-order valence-corrected chi connectivity index (χ2v) is 6.02. The van der Waals surface area contributed by atoms with Crippen molar-refractivity contribution >= 4 is 5.91 Å². The lowest BCUT2D eigenvalue weighted by Gasteiger charge is -2.39. The maximum absolute atomic E-state index is 12.1. The quantitative estimate of drug-likeness (QED) is 0.766. The predicted molar refractivity (Wildman–Crippen MR) is 74.8 cm³/mol. The molecule has 21 heavy (non-hydrogen) atoms. The third-order valence-electron chi connectivity index (χ3n) is 4.35. The number of hydrogen-bond acceptors (Lipinski definition) is 4. The normalized spacial score (nSPS) is 20.0. The average molecular weight is 293 g/mol. The zero-order valence-electron chi connectivity index (χ0n) is 12.2. The number of aromatic amines is 2. The van der Waals surface area contributed by atoms with Crippen molar-refractivity contribution in [2.24, 2.45) is 5.92 Å². The second-order valence-electron chi connectivity index (χ2n) is 6.02. The summed E-state index contributed by atoms with van der Waals surface area (Å²) in [7, 11) is 0. The van der Waals surface area contributed by atoms with Crippen LogP contribution in [-0.2, 0) is 21.7 Å².